The summed E-state index contributed by atoms with van der Waals surface area (Å²) in [5.74, 6) is -0.122. The Morgan fingerprint density at radius 2 is 1.96 bits per heavy atom. The molecule has 0 aromatic heterocycles. The van der Waals surface area contributed by atoms with Crippen molar-refractivity contribution in [2.75, 3.05) is 38.3 Å². The van der Waals surface area contributed by atoms with Crippen molar-refractivity contribution in [3.63, 3.8) is 0 Å². The SMILES string of the molecule is CNCCC(=O)NCCNc1ccc(S(C)(=O)=O)cc1[N+](=O)[O-]. The molecule has 0 saturated carbocycles. The van der Waals surface area contributed by atoms with Crippen molar-refractivity contribution < 1.29 is 18.1 Å². The van der Waals surface area contributed by atoms with Crippen molar-refractivity contribution in [3.8, 4) is 0 Å². The summed E-state index contributed by atoms with van der Waals surface area (Å²) in [5.41, 5.74) is -0.124. The first-order valence-electron chi connectivity index (χ1n) is 6.89. The van der Waals surface area contributed by atoms with Gasteiger partial charge in [-0.3, -0.25) is 14.9 Å². The van der Waals surface area contributed by atoms with E-state index in [2.05, 4.69) is 16.0 Å². The number of sulfone groups is 1. The normalized spacial score (nSPS) is 11.0. The summed E-state index contributed by atoms with van der Waals surface area (Å²) in [6.07, 6.45) is 1.33. The number of nitro groups is 1. The number of hydrogen-bond donors (Lipinski definition) is 3. The predicted octanol–water partition coefficient (Wildman–Crippen LogP) is 0.136. The van der Waals surface area contributed by atoms with E-state index >= 15 is 0 Å². The van der Waals surface area contributed by atoms with E-state index in [9.17, 15) is 23.3 Å². The van der Waals surface area contributed by atoms with E-state index in [1.54, 1.807) is 7.05 Å². The lowest BCUT2D eigenvalue weighted by molar-refractivity contribution is -0.384. The summed E-state index contributed by atoms with van der Waals surface area (Å²) in [5, 5.41) is 19.4. The second-order valence-electron chi connectivity index (χ2n) is 4.84. The van der Waals surface area contributed by atoms with Crippen LogP contribution in [0.4, 0.5) is 11.4 Å². The van der Waals surface area contributed by atoms with Gasteiger partial charge in [-0.15, -0.1) is 0 Å². The molecule has 128 valence electrons. The zero-order valence-electron chi connectivity index (χ0n) is 13.0. The van der Waals surface area contributed by atoms with E-state index in [-0.39, 0.29) is 28.7 Å². The van der Waals surface area contributed by atoms with Crippen molar-refractivity contribution in [1.29, 1.82) is 0 Å². The molecule has 0 unspecified atom stereocenters. The Labute approximate surface area is 134 Å². The van der Waals surface area contributed by atoms with Gasteiger partial charge in [-0.1, -0.05) is 0 Å². The fourth-order valence-electron chi connectivity index (χ4n) is 1.77. The van der Waals surface area contributed by atoms with Crippen LogP contribution in [0.3, 0.4) is 0 Å². The van der Waals surface area contributed by atoms with Gasteiger partial charge in [-0.05, 0) is 19.2 Å². The molecule has 0 radical (unpaired) electrons. The molecule has 0 aliphatic carbocycles. The third kappa shape index (κ3) is 6.20. The Morgan fingerprint density at radius 3 is 2.52 bits per heavy atom. The zero-order chi connectivity index (χ0) is 17.5. The number of anilines is 1. The maximum absolute atomic E-state index is 11.4. The highest BCUT2D eigenvalue weighted by atomic mass is 32.2. The largest absolute Gasteiger partial charge is 0.378 e. The average molecular weight is 344 g/mol. The van der Waals surface area contributed by atoms with Crippen LogP contribution >= 0.6 is 0 Å². The molecule has 1 aromatic carbocycles. The molecule has 0 atom stereocenters. The first-order valence-corrected chi connectivity index (χ1v) is 8.78. The van der Waals surface area contributed by atoms with Crippen molar-refractivity contribution in [3.05, 3.63) is 28.3 Å². The topological polar surface area (TPSA) is 130 Å². The zero-order valence-corrected chi connectivity index (χ0v) is 13.8. The van der Waals surface area contributed by atoms with Crippen LogP contribution in [0.15, 0.2) is 23.1 Å². The van der Waals surface area contributed by atoms with Gasteiger partial charge in [0.15, 0.2) is 9.84 Å². The molecular formula is C13H20N4O5S. The maximum atomic E-state index is 11.4. The lowest BCUT2D eigenvalue weighted by Crippen LogP contribution is -2.30. The van der Waals surface area contributed by atoms with E-state index in [1.165, 1.54) is 12.1 Å². The Morgan fingerprint density at radius 1 is 1.26 bits per heavy atom. The summed E-state index contributed by atoms with van der Waals surface area (Å²) in [6.45, 7) is 1.15. The number of benzene rings is 1. The minimum absolute atomic E-state index is 0.116. The summed E-state index contributed by atoms with van der Waals surface area (Å²) < 4.78 is 22.9. The Balaban J connectivity index is 2.67. The standard InChI is InChI=1S/C13H20N4O5S/c1-14-6-5-13(18)16-8-7-15-11-4-3-10(23(2,21)22)9-12(11)17(19)20/h3-4,9,14-15H,5-8H2,1-2H3,(H,16,18). The van der Waals surface area contributed by atoms with Crippen molar-refractivity contribution in [2.24, 2.45) is 0 Å². The molecule has 0 heterocycles. The molecule has 1 amide bonds. The number of carbonyl (C=O) groups is 1. The van der Waals surface area contributed by atoms with E-state index in [0.717, 1.165) is 12.3 Å². The maximum Gasteiger partial charge on any atom is 0.293 e. The van der Waals surface area contributed by atoms with Crippen LogP contribution < -0.4 is 16.0 Å². The van der Waals surface area contributed by atoms with Gasteiger partial charge >= 0.3 is 0 Å². The predicted molar refractivity (Wildman–Crippen MR) is 86.2 cm³/mol. The Hall–Kier alpha value is -2.20. The second kappa shape index (κ2) is 8.44. The Bertz CT molecular complexity index is 675. The highest BCUT2D eigenvalue weighted by molar-refractivity contribution is 7.90. The molecule has 10 heteroatoms. The van der Waals surface area contributed by atoms with Gasteiger partial charge in [0.2, 0.25) is 5.91 Å². The van der Waals surface area contributed by atoms with Crippen molar-refractivity contribution in [1.82, 2.24) is 10.6 Å². The van der Waals surface area contributed by atoms with Gasteiger partial charge in [0, 0.05) is 38.4 Å². The van der Waals surface area contributed by atoms with Crippen LogP contribution in [0.2, 0.25) is 0 Å². The van der Waals surface area contributed by atoms with Crippen LogP contribution in [0.25, 0.3) is 0 Å². The van der Waals surface area contributed by atoms with Gasteiger partial charge in [0.05, 0.1) is 9.82 Å². The van der Waals surface area contributed by atoms with Crippen LogP contribution in [0.1, 0.15) is 6.42 Å². The van der Waals surface area contributed by atoms with Gasteiger partial charge in [-0.2, -0.15) is 0 Å². The monoisotopic (exact) mass is 344 g/mol. The summed E-state index contributed by atoms with van der Waals surface area (Å²) in [4.78, 5) is 21.7. The highest BCUT2D eigenvalue weighted by Crippen LogP contribution is 2.27. The molecule has 0 aliphatic rings. The number of rotatable bonds is 9. The molecule has 0 fully saturated rings. The third-order valence-corrected chi connectivity index (χ3v) is 4.07. The smallest absolute Gasteiger partial charge is 0.293 e. The summed E-state index contributed by atoms with van der Waals surface area (Å²) >= 11 is 0. The summed E-state index contributed by atoms with van der Waals surface area (Å²) in [6, 6.07) is 3.66. The average Bonchev–Trinajstić information content (AvgIpc) is 2.48. The van der Waals surface area contributed by atoms with Crippen LogP contribution in [-0.2, 0) is 14.6 Å². The molecular weight excluding hydrogens is 324 g/mol. The first-order chi connectivity index (χ1) is 10.8. The highest BCUT2D eigenvalue weighted by Gasteiger charge is 2.18. The second-order valence-corrected chi connectivity index (χ2v) is 6.85. The number of nitro benzene ring substituents is 1. The lowest BCUT2D eigenvalue weighted by atomic mass is 10.2. The molecule has 0 bridgehead atoms. The number of nitrogens with one attached hydrogen (secondary N) is 3. The Kier molecular flexibility index (Phi) is 6.91. The molecule has 0 spiro atoms. The molecule has 3 N–H and O–H groups in total. The lowest BCUT2D eigenvalue weighted by Gasteiger charge is -2.09. The van der Waals surface area contributed by atoms with E-state index in [0.29, 0.717) is 19.5 Å². The number of nitrogens with zero attached hydrogens (tertiary/aromatic N) is 1. The van der Waals surface area contributed by atoms with Gasteiger partial charge in [0.25, 0.3) is 5.69 Å². The molecule has 1 aromatic rings. The van der Waals surface area contributed by atoms with Crippen LogP contribution in [0.5, 0.6) is 0 Å². The quantitative estimate of drug-likeness (QED) is 0.330. The summed E-state index contributed by atoms with van der Waals surface area (Å²) in [7, 11) is -1.77. The molecule has 0 saturated heterocycles. The molecule has 23 heavy (non-hydrogen) atoms. The number of hydrogen-bond acceptors (Lipinski definition) is 7. The minimum Gasteiger partial charge on any atom is -0.378 e. The molecule has 0 aliphatic heterocycles. The first kappa shape index (κ1) is 18.8. The van der Waals surface area contributed by atoms with E-state index < -0.39 is 14.8 Å². The van der Waals surface area contributed by atoms with Crippen LogP contribution in [-0.4, -0.2) is 52.2 Å². The molecule has 1 rings (SSSR count). The number of amides is 1. The van der Waals surface area contributed by atoms with E-state index in [1.807, 2.05) is 0 Å². The third-order valence-electron chi connectivity index (χ3n) is 2.96. The van der Waals surface area contributed by atoms with Crippen molar-refractivity contribution >= 4 is 27.1 Å². The number of carbonyl (C=O) groups excluding carboxylic acids is 1. The van der Waals surface area contributed by atoms with Gasteiger partial charge < -0.3 is 16.0 Å². The van der Waals surface area contributed by atoms with Gasteiger partial charge in [0.1, 0.15) is 5.69 Å². The minimum atomic E-state index is -3.52. The molecule has 9 nitrogen and oxygen atoms in total. The van der Waals surface area contributed by atoms with Gasteiger partial charge in [-0.25, -0.2) is 8.42 Å². The fourth-order valence-corrected chi connectivity index (χ4v) is 2.41. The van der Waals surface area contributed by atoms with Crippen molar-refractivity contribution in [2.45, 2.75) is 11.3 Å². The van der Waals surface area contributed by atoms with E-state index in [4.69, 9.17) is 0 Å². The van der Waals surface area contributed by atoms with Crippen LogP contribution in [0, 0.1) is 10.1 Å². The fraction of sp³-hybridized carbons (Fsp3) is 0.462.